The summed E-state index contributed by atoms with van der Waals surface area (Å²) >= 11 is 0. The number of nitrogens with zero attached hydrogens (tertiary/aromatic N) is 1. The van der Waals surface area contributed by atoms with E-state index in [1.165, 1.54) is 12.1 Å². The molecule has 1 atom stereocenters. The third-order valence-corrected chi connectivity index (χ3v) is 2.71. The Morgan fingerprint density at radius 1 is 1.11 bits per heavy atom. The fourth-order valence-corrected chi connectivity index (χ4v) is 1.79. The van der Waals surface area contributed by atoms with Gasteiger partial charge in [0.15, 0.2) is 6.10 Å². The first-order chi connectivity index (χ1) is 8.69. The summed E-state index contributed by atoms with van der Waals surface area (Å²) in [5, 5.41) is 18.1. The lowest BCUT2D eigenvalue weighted by molar-refractivity contribution is 0.236. The molecule has 2 aromatic rings. The topological polar surface area (TPSA) is 44.0 Å². The maximum atomic E-state index is 12.8. The molecule has 0 fully saturated rings. The van der Waals surface area contributed by atoms with Crippen LogP contribution in [0, 0.1) is 17.1 Å². The summed E-state index contributed by atoms with van der Waals surface area (Å²) in [6, 6.07) is 15.3. The van der Waals surface area contributed by atoms with Crippen LogP contribution in [-0.4, -0.2) is 5.11 Å². The van der Waals surface area contributed by atoms with E-state index in [0.717, 1.165) is 11.1 Å². The summed E-state index contributed by atoms with van der Waals surface area (Å²) in [5.41, 5.74) is 2.55. The zero-order valence-corrected chi connectivity index (χ0v) is 9.68. The van der Waals surface area contributed by atoms with Crippen LogP contribution in [0.3, 0.4) is 0 Å². The van der Waals surface area contributed by atoms with E-state index >= 15 is 0 Å². The fourth-order valence-electron chi connectivity index (χ4n) is 1.79. The molecule has 0 amide bonds. The van der Waals surface area contributed by atoms with Crippen molar-refractivity contribution in [2.24, 2.45) is 0 Å². The lowest BCUT2D eigenvalue weighted by atomic mass is 10.0. The summed E-state index contributed by atoms with van der Waals surface area (Å²) in [5.74, 6) is -0.257. The van der Waals surface area contributed by atoms with E-state index < -0.39 is 6.10 Å². The molecule has 3 heteroatoms. The quantitative estimate of drug-likeness (QED) is 0.839. The number of hydrogen-bond acceptors (Lipinski definition) is 2. The Morgan fingerprint density at radius 2 is 1.83 bits per heavy atom. The monoisotopic (exact) mass is 241 g/mol. The lowest BCUT2D eigenvalue weighted by Crippen LogP contribution is -1.95. The first-order valence-corrected chi connectivity index (χ1v) is 5.60. The van der Waals surface area contributed by atoms with E-state index in [1.807, 2.05) is 6.07 Å². The van der Waals surface area contributed by atoms with Gasteiger partial charge in [-0.1, -0.05) is 36.4 Å². The second-order valence-electron chi connectivity index (χ2n) is 4.08. The summed E-state index contributed by atoms with van der Waals surface area (Å²) < 4.78 is 12.8. The highest BCUT2D eigenvalue weighted by atomic mass is 19.1. The van der Waals surface area contributed by atoms with E-state index in [9.17, 15) is 9.50 Å². The second-order valence-corrected chi connectivity index (χ2v) is 4.08. The van der Waals surface area contributed by atoms with Crippen LogP contribution in [-0.2, 0) is 6.42 Å². The predicted molar refractivity (Wildman–Crippen MR) is 66.2 cm³/mol. The van der Waals surface area contributed by atoms with Gasteiger partial charge in [0.2, 0.25) is 0 Å². The summed E-state index contributed by atoms with van der Waals surface area (Å²) in [6.45, 7) is 0. The van der Waals surface area contributed by atoms with Gasteiger partial charge in [0.25, 0.3) is 0 Å². The Hall–Kier alpha value is -2.18. The molecule has 0 saturated carbocycles. The predicted octanol–water partition coefficient (Wildman–Crippen LogP) is 2.97. The number of aliphatic hydroxyl groups is 1. The van der Waals surface area contributed by atoms with E-state index in [0.29, 0.717) is 12.0 Å². The van der Waals surface area contributed by atoms with Crippen molar-refractivity contribution in [3.8, 4) is 6.07 Å². The summed E-state index contributed by atoms with van der Waals surface area (Å²) in [7, 11) is 0. The number of aliphatic hydroxyl groups excluding tert-OH is 1. The number of benzene rings is 2. The maximum absolute atomic E-state index is 12.8. The molecule has 0 saturated heterocycles. The van der Waals surface area contributed by atoms with Crippen LogP contribution in [0.1, 0.15) is 22.8 Å². The molecular formula is C15H12FNO. The third-order valence-electron chi connectivity index (χ3n) is 2.71. The molecule has 0 spiro atoms. The van der Waals surface area contributed by atoms with Crippen molar-refractivity contribution in [2.75, 3.05) is 0 Å². The Balaban J connectivity index is 2.19. The van der Waals surface area contributed by atoms with Gasteiger partial charge in [0.05, 0.1) is 6.07 Å². The highest BCUT2D eigenvalue weighted by Crippen LogP contribution is 2.16. The highest BCUT2D eigenvalue weighted by Gasteiger charge is 2.06. The molecule has 18 heavy (non-hydrogen) atoms. The van der Waals surface area contributed by atoms with Gasteiger partial charge in [0, 0.05) is 0 Å². The van der Waals surface area contributed by atoms with Crippen molar-refractivity contribution in [3.63, 3.8) is 0 Å². The molecule has 0 radical (unpaired) electrons. The van der Waals surface area contributed by atoms with Crippen molar-refractivity contribution in [2.45, 2.75) is 12.5 Å². The lowest BCUT2D eigenvalue weighted by Gasteiger charge is -2.06. The molecule has 0 heterocycles. The van der Waals surface area contributed by atoms with Gasteiger partial charge in [-0.15, -0.1) is 0 Å². The Bertz CT molecular complexity index is 572. The molecule has 1 unspecified atom stereocenters. The van der Waals surface area contributed by atoms with Crippen molar-refractivity contribution in [3.05, 3.63) is 71.0 Å². The molecule has 0 aliphatic rings. The minimum atomic E-state index is -1.10. The Kier molecular flexibility index (Phi) is 3.71. The van der Waals surface area contributed by atoms with Gasteiger partial charge in [0.1, 0.15) is 5.82 Å². The van der Waals surface area contributed by atoms with Gasteiger partial charge in [-0.25, -0.2) is 4.39 Å². The highest BCUT2D eigenvalue weighted by molar-refractivity contribution is 5.32. The number of hydrogen-bond donors (Lipinski definition) is 1. The number of halogens is 1. The molecule has 1 N–H and O–H groups in total. The van der Waals surface area contributed by atoms with E-state index in [-0.39, 0.29) is 5.82 Å². The van der Waals surface area contributed by atoms with Crippen LogP contribution in [0.25, 0.3) is 0 Å². The minimum absolute atomic E-state index is 0.257. The average molecular weight is 241 g/mol. The molecule has 0 bridgehead atoms. The molecule has 90 valence electrons. The Morgan fingerprint density at radius 3 is 2.50 bits per heavy atom. The molecule has 0 aliphatic carbocycles. The van der Waals surface area contributed by atoms with Crippen molar-refractivity contribution < 1.29 is 9.50 Å². The molecule has 0 aliphatic heterocycles. The van der Waals surface area contributed by atoms with Gasteiger partial charge < -0.3 is 5.11 Å². The normalized spacial score (nSPS) is 11.8. The van der Waals surface area contributed by atoms with Crippen LogP contribution in [0.4, 0.5) is 4.39 Å². The van der Waals surface area contributed by atoms with Gasteiger partial charge in [-0.2, -0.15) is 5.26 Å². The number of rotatable bonds is 3. The Labute approximate surface area is 105 Å². The van der Waals surface area contributed by atoms with Gasteiger partial charge >= 0.3 is 0 Å². The SMILES string of the molecule is N#CC(O)c1cccc(Cc2ccc(F)cc2)c1. The standard InChI is InChI=1S/C15H12FNO/c16-14-6-4-11(5-7-14)8-12-2-1-3-13(9-12)15(18)10-17/h1-7,9,15,18H,8H2. The molecule has 2 nitrogen and oxygen atoms in total. The van der Waals surface area contributed by atoms with Crippen LogP contribution in [0.5, 0.6) is 0 Å². The van der Waals surface area contributed by atoms with Crippen LogP contribution in [0.2, 0.25) is 0 Å². The molecule has 2 rings (SSSR count). The van der Waals surface area contributed by atoms with Crippen LogP contribution < -0.4 is 0 Å². The largest absolute Gasteiger partial charge is 0.374 e. The van der Waals surface area contributed by atoms with Crippen molar-refractivity contribution >= 4 is 0 Å². The zero-order valence-electron chi connectivity index (χ0n) is 9.68. The fraction of sp³-hybridized carbons (Fsp3) is 0.133. The average Bonchev–Trinajstić information content (AvgIpc) is 2.41. The third kappa shape index (κ3) is 2.93. The number of nitriles is 1. The smallest absolute Gasteiger partial charge is 0.165 e. The van der Waals surface area contributed by atoms with E-state index in [1.54, 1.807) is 36.4 Å². The van der Waals surface area contributed by atoms with Crippen molar-refractivity contribution in [1.29, 1.82) is 5.26 Å². The first kappa shape index (κ1) is 12.3. The molecular weight excluding hydrogens is 229 g/mol. The van der Waals surface area contributed by atoms with E-state index in [4.69, 9.17) is 5.26 Å². The molecule has 2 aromatic carbocycles. The zero-order chi connectivity index (χ0) is 13.0. The summed E-state index contributed by atoms with van der Waals surface area (Å²) in [6.07, 6.45) is -0.454. The molecule has 0 aromatic heterocycles. The minimum Gasteiger partial charge on any atom is -0.374 e. The summed E-state index contributed by atoms with van der Waals surface area (Å²) in [4.78, 5) is 0. The van der Waals surface area contributed by atoms with Gasteiger partial charge in [-0.3, -0.25) is 0 Å². The second kappa shape index (κ2) is 5.44. The first-order valence-electron chi connectivity index (χ1n) is 5.60. The van der Waals surface area contributed by atoms with Crippen molar-refractivity contribution in [1.82, 2.24) is 0 Å². The van der Waals surface area contributed by atoms with Crippen LogP contribution in [0.15, 0.2) is 48.5 Å². The van der Waals surface area contributed by atoms with Crippen LogP contribution >= 0.6 is 0 Å². The van der Waals surface area contributed by atoms with Gasteiger partial charge in [-0.05, 0) is 35.2 Å². The van der Waals surface area contributed by atoms with E-state index in [2.05, 4.69) is 0 Å². The maximum Gasteiger partial charge on any atom is 0.165 e.